The van der Waals surface area contributed by atoms with Crippen molar-refractivity contribution in [3.63, 3.8) is 0 Å². The van der Waals surface area contributed by atoms with Gasteiger partial charge >= 0.3 is 0 Å². The number of H-pyrrole nitrogens is 1. The maximum absolute atomic E-state index is 6.61. The van der Waals surface area contributed by atoms with Crippen LogP contribution >= 0.6 is 11.6 Å². The van der Waals surface area contributed by atoms with Crippen molar-refractivity contribution in [2.75, 3.05) is 31.2 Å². The highest BCUT2D eigenvalue weighted by Crippen LogP contribution is 2.39. The van der Waals surface area contributed by atoms with Crippen molar-refractivity contribution in [1.82, 2.24) is 15.0 Å². The van der Waals surface area contributed by atoms with Gasteiger partial charge in [-0.1, -0.05) is 44.5 Å². The number of rotatable bonds is 4. The van der Waals surface area contributed by atoms with Gasteiger partial charge in [0, 0.05) is 24.3 Å². The van der Waals surface area contributed by atoms with Crippen LogP contribution in [0.3, 0.4) is 0 Å². The Morgan fingerprint density at radius 3 is 2.39 bits per heavy atom. The molecular formula is C26H33ClN4O2. The fourth-order valence-corrected chi connectivity index (χ4v) is 5.27. The quantitative estimate of drug-likeness (QED) is 0.501. The van der Waals surface area contributed by atoms with E-state index in [0.717, 1.165) is 61.8 Å². The van der Waals surface area contributed by atoms with Crippen LogP contribution in [0.4, 0.5) is 5.69 Å². The van der Waals surface area contributed by atoms with Crippen LogP contribution in [-0.4, -0.2) is 47.4 Å². The van der Waals surface area contributed by atoms with E-state index in [2.05, 4.69) is 59.9 Å². The first-order valence-corrected chi connectivity index (χ1v) is 12.4. The molecule has 0 spiro atoms. The Kier molecular flexibility index (Phi) is 6.23. The van der Waals surface area contributed by atoms with Crippen LogP contribution in [0, 0.1) is 11.3 Å². The largest absolute Gasteiger partial charge is 0.461 e. The van der Waals surface area contributed by atoms with Gasteiger partial charge in [0.15, 0.2) is 5.65 Å². The van der Waals surface area contributed by atoms with E-state index < -0.39 is 0 Å². The zero-order valence-electron chi connectivity index (χ0n) is 19.7. The van der Waals surface area contributed by atoms with Gasteiger partial charge in [-0.15, -0.1) is 0 Å². The molecule has 1 aliphatic heterocycles. The Hall–Kier alpha value is -2.31. The first kappa shape index (κ1) is 22.5. The molecule has 1 saturated heterocycles. The molecule has 0 amide bonds. The summed E-state index contributed by atoms with van der Waals surface area (Å²) in [6.45, 7) is 10.4. The maximum Gasteiger partial charge on any atom is 0.296 e. The molecule has 2 aromatic heterocycles. The van der Waals surface area contributed by atoms with Crippen molar-refractivity contribution in [3.8, 4) is 17.3 Å². The normalized spacial score (nSPS) is 22.0. The highest BCUT2D eigenvalue weighted by molar-refractivity contribution is 6.33. The van der Waals surface area contributed by atoms with Gasteiger partial charge in [0.1, 0.15) is 6.10 Å². The molecular weight excluding hydrogens is 436 g/mol. The van der Waals surface area contributed by atoms with E-state index in [0.29, 0.717) is 22.1 Å². The number of imidazole rings is 1. The van der Waals surface area contributed by atoms with Crippen molar-refractivity contribution in [2.45, 2.75) is 52.6 Å². The molecule has 3 aromatic rings. The van der Waals surface area contributed by atoms with Crippen LogP contribution < -0.4 is 9.64 Å². The molecule has 6 nitrogen and oxygen atoms in total. The van der Waals surface area contributed by atoms with E-state index in [1.807, 2.05) is 6.07 Å². The van der Waals surface area contributed by atoms with Gasteiger partial charge in [-0.25, -0.2) is 4.98 Å². The summed E-state index contributed by atoms with van der Waals surface area (Å²) in [6.07, 6.45) is 4.72. The Morgan fingerprint density at radius 2 is 1.73 bits per heavy atom. The molecule has 176 valence electrons. The van der Waals surface area contributed by atoms with Gasteiger partial charge in [-0.2, -0.15) is 4.98 Å². The SMILES string of the molecule is CC(C)(C)C1CCC(Oc2nc3nc(-c4ccc(N5CCOCC5)cc4)c(Cl)cc3[nH]2)CC1. The van der Waals surface area contributed by atoms with Crippen molar-refractivity contribution in [1.29, 1.82) is 0 Å². The summed E-state index contributed by atoms with van der Waals surface area (Å²) in [6, 6.07) is 10.8. The van der Waals surface area contributed by atoms with E-state index in [4.69, 9.17) is 26.1 Å². The molecule has 1 aliphatic carbocycles. The molecule has 0 bridgehead atoms. The summed E-state index contributed by atoms with van der Waals surface area (Å²) >= 11 is 6.61. The van der Waals surface area contributed by atoms with Gasteiger partial charge in [0.2, 0.25) is 0 Å². The molecule has 0 atom stereocenters. The molecule has 2 aliphatic rings. The Balaban J connectivity index is 1.30. The second-order valence-corrected chi connectivity index (χ2v) is 10.7. The number of nitrogens with zero attached hydrogens (tertiary/aromatic N) is 3. The fraction of sp³-hybridized carbons (Fsp3) is 0.538. The minimum Gasteiger partial charge on any atom is -0.461 e. The number of aromatic amines is 1. The van der Waals surface area contributed by atoms with E-state index in [-0.39, 0.29) is 6.10 Å². The first-order chi connectivity index (χ1) is 15.9. The predicted octanol–water partition coefficient (Wildman–Crippen LogP) is 6.10. The van der Waals surface area contributed by atoms with Gasteiger partial charge in [0.05, 0.1) is 29.4 Å². The number of hydrogen-bond donors (Lipinski definition) is 1. The summed E-state index contributed by atoms with van der Waals surface area (Å²) in [5, 5.41) is 0.600. The number of hydrogen-bond acceptors (Lipinski definition) is 5. The van der Waals surface area contributed by atoms with Crippen molar-refractivity contribution in [3.05, 3.63) is 35.4 Å². The van der Waals surface area contributed by atoms with Gasteiger partial charge < -0.3 is 19.4 Å². The van der Waals surface area contributed by atoms with Crippen LogP contribution in [0.5, 0.6) is 6.01 Å². The number of aromatic nitrogens is 3. The molecule has 5 rings (SSSR count). The zero-order valence-corrected chi connectivity index (χ0v) is 20.5. The third kappa shape index (κ3) is 4.97. The van der Waals surface area contributed by atoms with E-state index >= 15 is 0 Å². The number of fused-ring (bicyclic) bond motifs is 1. The topological polar surface area (TPSA) is 63.3 Å². The van der Waals surface area contributed by atoms with E-state index in [9.17, 15) is 0 Å². The summed E-state index contributed by atoms with van der Waals surface area (Å²) < 4.78 is 11.7. The van der Waals surface area contributed by atoms with E-state index in [1.54, 1.807) is 0 Å². The standard InChI is InChI=1S/C26H33ClN4O2/c1-26(2,3)18-6-10-20(11-7-18)33-25-28-22-16-21(27)23(29-24(22)30-25)17-4-8-19(9-5-17)31-12-14-32-15-13-31/h4-5,8-9,16,18,20H,6-7,10-15H2,1-3H3,(H,28,29,30). The van der Waals surface area contributed by atoms with Crippen LogP contribution in [0.15, 0.2) is 30.3 Å². The third-order valence-corrected chi connectivity index (χ3v) is 7.39. The second kappa shape index (κ2) is 9.15. The predicted molar refractivity (Wildman–Crippen MR) is 133 cm³/mol. The van der Waals surface area contributed by atoms with Gasteiger partial charge in [-0.3, -0.25) is 0 Å². The van der Waals surface area contributed by atoms with Crippen molar-refractivity contribution in [2.24, 2.45) is 11.3 Å². The molecule has 1 saturated carbocycles. The zero-order chi connectivity index (χ0) is 23.0. The van der Waals surface area contributed by atoms with Crippen molar-refractivity contribution >= 4 is 28.5 Å². The highest BCUT2D eigenvalue weighted by Gasteiger charge is 2.30. The smallest absolute Gasteiger partial charge is 0.296 e. The van der Waals surface area contributed by atoms with Crippen molar-refractivity contribution < 1.29 is 9.47 Å². The molecule has 1 aromatic carbocycles. The molecule has 2 fully saturated rings. The Labute approximate surface area is 200 Å². The summed E-state index contributed by atoms with van der Waals surface area (Å²) in [5.74, 6) is 0.755. The Morgan fingerprint density at radius 1 is 1.03 bits per heavy atom. The second-order valence-electron chi connectivity index (χ2n) is 10.3. The number of morpholine rings is 1. The molecule has 0 radical (unpaired) electrons. The number of ether oxygens (including phenoxy) is 2. The third-order valence-electron chi connectivity index (χ3n) is 7.10. The Bertz CT molecular complexity index is 1090. The number of benzene rings is 1. The number of anilines is 1. The van der Waals surface area contributed by atoms with E-state index in [1.165, 1.54) is 18.5 Å². The number of pyridine rings is 1. The maximum atomic E-state index is 6.61. The minimum absolute atomic E-state index is 0.201. The molecule has 1 N–H and O–H groups in total. The average molecular weight is 469 g/mol. The summed E-state index contributed by atoms with van der Waals surface area (Å²) in [7, 11) is 0. The number of nitrogens with one attached hydrogen (secondary N) is 1. The summed E-state index contributed by atoms with van der Waals surface area (Å²) in [4.78, 5) is 15.0. The number of halogens is 1. The van der Waals surface area contributed by atoms with Crippen LogP contribution in [0.25, 0.3) is 22.4 Å². The minimum atomic E-state index is 0.201. The monoisotopic (exact) mass is 468 g/mol. The lowest BCUT2D eigenvalue weighted by Gasteiger charge is -2.36. The molecule has 0 unspecified atom stereocenters. The average Bonchev–Trinajstić information content (AvgIpc) is 3.20. The first-order valence-electron chi connectivity index (χ1n) is 12.0. The van der Waals surface area contributed by atoms with Crippen LogP contribution in [0.2, 0.25) is 5.02 Å². The fourth-order valence-electron chi connectivity index (χ4n) is 5.01. The van der Waals surface area contributed by atoms with Gasteiger partial charge in [0.25, 0.3) is 6.01 Å². The molecule has 33 heavy (non-hydrogen) atoms. The lowest BCUT2D eigenvalue weighted by atomic mass is 9.72. The summed E-state index contributed by atoms with van der Waals surface area (Å²) in [5.41, 5.74) is 4.70. The van der Waals surface area contributed by atoms with Crippen LogP contribution in [0.1, 0.15) is 46.5 Å². The lowest BCUT2D eigenvalue weighted by molar-refractivity contribution is 0.0826. The molecule has 7 heteroatoms. The van der Waals surface area contributed by atoms with Gasteiger partial charge in [-0.05, 0) is 55.2 Å². The molecule has 3 heterocycles. The highest BCUT2D eigenvalue weighted by atomic mass is 35.5. The van der Waals surface area contributed by atoms with Crippen LogP contribution in [-0.2, 0) is 4.74 Å². The lowest BCUT2D eigenvalue weighted by Crippen LogP contribution is -2.36.